The number of ether oxygens (including phenoxy) is 1. The van der Waals surface area contributed by atoms with Gasteiger partial charge in [0, 0.05) is 10.7 Å². The first-order valence-electron chi connectivity index (χ1n) is 5.73. The van der Waals surface area contributed by atoms with Crippen molar-refractivity contribution >= 4 is 34.8 Å². The molecule has 0 unspecified atom stereocenters. The summed E-state index contributed by atoms with van der Waals surface area (Å²) in [7, 11) is 0. The van der Waals surface area contributed by atoms with E-state index in [1.807, 2.05) is 12.1 Å². The molecule has 1 amide bonds. The molecule has 0 saturated carbocycles. The fraction of sp³-hybridized carbons (Fsp3) is 0.0714. The van der Waals surface area contributed by atoms with E-state index < -0.39 is 5.91 Å². The van der Waals surface area contributed by atoms with Crippen LogP contribution in [0.5, 0.6) is 5.75 Å². The molecular formula is C14H12Cl2N2O2. The van der Waals surface area contributed by atoms with Crippen molar-refractivity contribution in [2.24, 2.45) is 5.73 Å². The molecule has 6 heteroatoms. The zero-order chi connectivity index (χ0) is 14.7. The molecule has 0 atom stereocenters. The lowest BCUT2D eigenvalue weighted by Gasteiger charge is -2.12. The molecule has 2 aromatic rings. The number of primary amides is 1. The Morgan fingerprint density at radius 2 is 1.80 bits per heavy atom. The molecule has 0 aromatic heterocycles. The molecular weight excluding hydrogens is 299 g/mol. The van der Waals surface area contributed by atoms with Crippen molar-refractivity contribution in [3.05, 3.63) is 57.6 Å². The van der Waals surface area contributed by atoms with Crippen LogP contribution in [-0.2, 0) is 6.61 Å². The maximum atomic E-state index is 11.4. The first-order valence-corrected chi connectivity index (χ1v) is 6.49. The van der Waals surface area contributed by atoms with Crippen LogP contribution in [0.1, 0.15) is 15.9 Å². The van der Waals surface area contributed by atoms with E-state index in [1.54, 1.807) is 12.1 Å². The number of benzene rings is 2. The van der Waals surface area contributed by atoms with E-state index in [-0.39, 0.29) is 22.9 Å². The lowest BCUT2D eigenvalue weighted by atomic mass is 10.1. The summed E-state index contributed by atoms with van der Waals surface area (Å²) < 4.78 is 5.58. The van der Waals surface area contributed by atoms with Crippen LogP contribution in [-0.4, -0.2) is 5.91 Å². The summed E-state index contributed by atoms with van der Waals surface area (Å²) >= 11 is 11.8. The average Bonchev–Trinajstić information content (AvgIpc) is 2.38. The molecule has 0 heterocycles. The van der Waals surface area contributed by atoms with Crippen LogP contribution in [0.3, 0.4) is 0 Å². The number of carbonyl (C=O) groups is 1. The largest absolute Gasteiger partial charge is 0.486 e. The summed E-state index contributed by atoms with van der Waals surface area (Å²) in [6.45, 7) is 0.237. The Morgan fingerprint density at radius 3 is 2.40 bits per heavy atom. The summed E-state index contributed by atoms with van der Waals surface area (Å²) in [5, 5.41) is 0.879. The topological polar surface area (TPSA) is 78.3 Å². The van der Waals surface area contributed by atoms with Gasteiger partial charge in [-0.3, -0.25) is 4.79 Å². The van der Waals surface area contributed by atoms with E-state index in [9.17, 15) is 4.79 Å². The van der Waals surface area contributed by atoms with Gasteiger partial charge in [-0.2, -0.15) is 0 Å². The summed E-state index contributed by atoms with van der Waals surface area (Å²) in [4.78, 5) is 11.4. The molecule has 0 saturated heterocycles. The minimum absolute atomic E-state index is 0.156. The first-order chi connectivity index (χ1) is 9.47. The van der Waals surface area contributed by atoms with Gasteiger partial charge in [0.25, 0.3) is 5.91 Å². The predicted molar refractivity (Wildman–Crippen MR) is 80.2 cm³/mol. The zero-order valence-corrected chi connectivity index (χ0v) is 11.9. The lowest BCUT2D eigenvalue weighted by Crippen LogP contribution is -2.14. The highest BCUT2D eigenvalue weighted by atomic mass is 35.5. The van der Waals surface area contributed by atoms with Gasteiger partial charge in [0.15, 0.2) is 5.75 Å². The normalized spacial score (nSPS) is 10.3. The predicted octanol–water partition coefficient (Wildman–Crippen LogP) is 3.25. The van der Waals surface area contributed by atoms with Crippen molar-refractivity contribution in [2.75, 3.05) is 5.73 Å². The number of halogens is 2. The molecule has 0 bridgehead atoms. The second-order valence-corrected chi connectivity index (χ2v) is 5.00. The Balaban J connectivity index is 2.24. The summed E-state index contributed by atoms with van der Waals surface area (Å²) in [5.41, 5.74) is 12.3. The minimum atomic E-state index is -0.648. The monoisotopic (exact) mass is 310 g/mol. The molecule has 0 fully saturated rings. The van der Waals surface area contributed by atoms with E-state index in [2.05, 4.69) is 0 Å². The minimum Gasteiger partial charge on any atom is -0.486 e. The maximum absolute atomic E-state index is 11.4. The van der Waals surface area contributed by atoms with Crippen molar-refractivity contribution in [2.45, 2.75) is 6.61 Å². The van der Waals surface area contributed by atoms with Crippen LogP contribution < -0.4 is 16.2 Å². The zero-order valence-electron chi connectivity index (χ0n) is 10.4. The number of rotatable bonds is 4. The van der Waals surface area contributed by atoms with E-state index in [0.717, 1.165) is 5.56 Å². The SMILES string of the molecule is NC(=O)c1cc(N)cc(Cl)c1OCc1ccc(Cl)cc1. The molecule has 0 aliphatic heterocycles. The Morgan fingerprint density at radius 1 is 1.15 bits per heavy atom. The third-order valence-corrected chi connectivity index (χ3v) is 3.16. The van der Waals surface area contributed by atoms with Gasteiger partial charge in [-0.05, 0) is 29.8 Å². The van der Waals surface area contributed by atoms with E-state index in [1.165, 1.54) is 12.1 Å². The van der Waals surface area contributed by atoms with Gasteiger partial charge in [0.1, 0.15) is 6.61 Å². The van der Waals surface area contributed by atoms with Crippen molar-refractivity contribution in [3.8, 4) is 5.75 Å². The van der Waals surface area contributed by atoms with Crippen molar-refractivity contribution in [1.29, 1.82) is 0 Å². The number of carbonyl (C=O) groups excluding carboxylic acids is 1. The van der Waals surface area contributed by atoms with Crippen LogP contribution in [0.2, 0.25) is 10.0 Å². The van der Waals surface area contributed by atoms with Crippen LogP contribution in [0, 0.1) is 0 Å². The molecule has 104 valence electrons. The first kappa shape index (κ1) is 14.5. The number of nitrogens with two attached hydrogens (primary N) is 2. The third kappa shape index (κ3) is 3.35. The van der Waals surface area contributed by atoms with Crippen LogP contribution in [0.4, 0.5) is 5.69 Å². The quantitative estimate of drug-likeness (QED) is 0.851. The highest BCUT2D eigenvalue weighted by Crippen LogP contribution is 2.32. The van der Waals surface area contributed by atoms with Crippen molar-refractivity contribution < 1.29 is 9.53 Å². The highest BCUT2D eigenvalue weighted by Gasteiger charge is 2.15. The standard InChI is InChI=1S/C14H12Cl2N2O2/c15-9-3-1-8(2-4-9)7-20-13-11(14(18)19)5-10(17)6-12(13)16/h1-6H,7,17H2,(H2,18,19). The Hall–Kier alpha value is -1.91. The molecule has 0 aliphatic carbocycles. The van der Waals surface area contributed by atoms with Gasteiger partial charge in [-0.25, -0.2) is 0 Å². The molecule has 0 aliphatic rings. The molecule has 0 spiro atoms. The van der Waals surface area contributed by atoms with Crippen molar-refractivity contribution in [1.82, 2.24) is 0 Å². The van der Waals surface area contributed by atoms with E-state index in [4.69, 9.17) is 39.4 Å². The van der Waals surface area contributed by atoms with Gasteiger partial charge in [-0.1, -0.05) is 35.3 Å². The lowest BCUT2D eigenvalue weighted by molar-refractivity contribution is 0.0996. The Labute approximate surface area is 126 Å². The van der Waals surface area contributed by atoms with E-state index >= 15 is 0 Å². The molecule has 2 aromatic carbocycles. The number of anilines is 1. The molecule has 2 rings (SSSR count). The average molecular weight is 311 g/mol. The highest BCUT2D eigenvalue weighted by molar-refractivity contribution is 6.33. The van der Waals surface area contributed by atoms with Gasteiger partial charge in [0.05, 0.1) is 10.6 Å². The summed E-state index contributed by atoms with van der Waals surface area (Å²) in [5.74, 6) is -0.423. The number of nitrogen functional groups attached to an aromatic ring is 1. The summed E-state index contributed by atoms with van der Waals surface area (Å²) in [6.07, 6.45) is 0. The third-order valence-electron chi connectivity index (χ3n) is 2.63. The van der Waals surface area contributed by atoms with Crippen molar-refractivity contribution in [3.63, 3.8) is 0 Å². The fourth-order valence-corrected chi connectivity index (χ4v) is 2.09. The fourth-order valence-electron chi connectivity index (χ4n) is 1.68. The Bertz CT molecular complexity index is 642. The van der Waals surface area contributed by atoms with Crippen LogP contribution >= 0.6 is 23.2 Å². The van der Waals surface area contributed by atoms with Gasteiger partial charge in [0.2, 0.25) is 0 Å². The number of hydrogen-bond acceptors (Lipinski definition) is 3. The summed E-state index contributed by atoms with van der Waals surface area (Å²) in [6, 6.07) is 10.1. The maximum Gasteiger partial charge on any atom is 0.252 e. The molecule has 20 heavy (non-hydrogen) atoms. The number of hydrogen-bond donors (Lipinski definition) is 2. The van der Waals surface area contributed by atoms with Crippen LogP contribution in [0.25, 0.3) is 0 Å². The van der Waals surface area contributed by atoms with Gasteiger partial charge < -0.3 is 16.2 Å². The molecule has 4 N–H and O–H groups in total. The second kappa shape index (κ2) is 6.03. The van der Waals surface area contributed by atoms with Gasteiger partial charge in [-0.15, -0.1) is 0 Å². The smallest absolute Gasteiger partial charge is 0.252 e. The van der Waals surface area contributed by atoms with Gasteiger partial charge >= 0.3 is 0 Å². The molecule has 4 nitrogen and oxygen atoms in total. The van der Waals surface area contributed by atoms with Crippen LogP contribution in [0.15, 0.2) is 36.4 Å². The number of amides is 1. The van der Waals surface area contributed by atoms with E-state index in [0.29, 0.717) is 10.7 Å². The second-order valence-electron chi connectivity index (χ2n) is 4.16. The Kier molecular flexibility index (Phi) is 4.37. The molecule has 0 radical (unpaired) electrons.